The summed E-state index contributed by atoms with van der Waals surface area (Å²) in [6.45, 7) is 5.74. The Balaban J connectivity index is 1.78. The molecule has 0 saturated carbocycles. The van der Waals surface area contributed by atoms with Crippen LogP contribution in [0.2, 0.25) is 0 Å². The van der Waals surface area contributed by atoms with Crippen LogP contribution in [0.4, 0.5) is 0 Å². The van der Waals surface area contributed by atoms with Crippen LogP contribution in [0.1, 0.15) is 25.5 Å². The van der Waals surface area contributed by atoms with Gasteiger partial charge in [0, 0.05) is 19.1 Å². The molecule has 3 rings (SSSR count). The van der Waals surface area contributed by atoms with Crippen molar-refractivity contribution in [2.45, 2.75) is 32.4 Å². The quantitative estimate of drug-likeness (QED) is 0.874. The molecule has 5 nitrogen and oxygen atoms in total. The number of hydrogen-bond donors (Lipinski definition) is 2. The highest BCUT2D eigenvalue weighted by Crippen LogP contribution is 2.10. The van der Waals surface area contributed by atoms with Crippen molar-refractivity contribution in [2.24, 2.45) is 0 Å². The molecule has 2 aromatic rings. The van der Waals surface area contributed by atoms with Crippen LogP contribution < -0.4 is 10.9 Å². The maximum atomic E-state index is 12.2. The van der Waals surface area contributed by atoms with Crippen molar-refractivity contribution >= 4 is 11.0 Å². The highest BCUT2D eigenvalue weighted by Gasteiger charge is 2.18. The summed E-state index contributed by atoms with van der Waals surface area (Å²) in [5, 5.41) is 3.50. The fourth-order valence-corrected chi connectivity index (χ4v) is 2.92. The number of fused-ring (bicyclic) bond motifs is 1. The zero-order valence-corrected chi connectivity index (χ0v) is 12.4. The summed E-state index contributed by atoms with van der Waals surface area (Å²) in [5.74, 6) is 0. The molecule has 0 bridgehead atoms. The number of para-hydroxylation sites is 2. The summed E-state index contributed by atoms with van der Waals surface area (Å²) in [6.07, 6.45) is 2.47. The number of rotatable bonds is 5. The van der Waals surface area contributed by atoms with Gasteiger partial charge in [-0.15, -0.1) is 0 Å². The molecule has 1 aromatic carbocycles. The van der Waals surface area contributed by atoms with E-state index in [0.29, 0.717) is 18.3 Å². The minimum atomic E-state index is -0.0773. The Kier molecular flexibility index (Phi) is 4.31. The van der Waals surface area contributed by atoms with Gasteiger partial charge in [0.1, 0.15) is 5.69 Å². The van der Waals surface area contributed by atoms with Gasteiger partial charge in [-0.2, -0.15) is 0 Å². The van der Waals surface area contributed by atoms with Crippen LogP contribution in [0.15, 0.2) is 29.1 Å². The van der Waals surface area contributed by atoms with Gasteiger partial charge in [-0.1, -0.05) is 19.1 Å². The lowest BCUT2D eigenvalue weighted by atomic mass is 10.2. The van der Waals surface area contributed by atoms with Gasteiger partial charge in [-0.25, -0.2) is 4.98 Å². The monoisotopic (exact) mass is 286 g/mol. The Morgan fingerprint density at radius 2 is 2.24 bits per heavy atom. The lowest BCUT2D eigenvalue weighted by molar-refractivity contribution is 0.250. The van der Waals surface area contributed by atoms with Crippen molar-refractivity contribution in [1.82, 2.24) is 20.2 Å². The molecule has 21 heavy (non-hydrogen) atoms. The minimum Gasteiger partial charge on any atom is -0.319 e. The van der Waals surface area contributed by atoms with Gasteiger partial charge in [-0.3, -0.25) is 9.69 Å². The molecule has 0 spiro atoms. The van der Waals surface area contributed by atoms with E-state index in [4.69, 9.17) is 0 Å². The van der Waals surface area contributed by atoms with Gasteiger partial charge in [0.2, 0.25) is 0 Å². The lowest BCUT2D eigenvalue weighted by Gasteiger charge is -2.23. The van der Waals surface area contributed by atoms with Gasteiger partial charge in [0.15, 0.2) is 0 Å². The van der Waals surface area contributed by atoms with Crippen molar-refractivity contribution in [1.29, 1.82) is 0 Å². The van der Waals surface area contributed by atoms with Crippen LogP contribution in [0, 0.1) is 0 Å². The molecule has 112 valence electrons. The molecule has 1 aromatic heterocycles. The maximum Gasteiger partial charge on any atom is 0.271 e. The Bertz CT molecular complexity index is 661. The van der Waals surface area contributed by atoms with Crippen LogP contribution in [-0.2, 0) is 6.54 Å². The first kappa shape index (κ1) is 14.2. The van der Waals surface area contributed by atoms with Crippen LogP contribution in [-0.4, -0.2) is 40.5 Å². The van der Waals surface area contributed by atoms with E-state index in [0.717, 1.165) is 30.7 Å². The number of nitrogens with one attached hydrogen (secondary N) is 2. The summed E-state index contributed by atoms with van der Waals surface area (Å²) in [4.78, 5) is 21.9. The van der Waals surface area contributed by atoms with Gasteiger partial charge in [0.25, 0.3) is 5.56 Å². The standard InChI is InChI=1S/C16H22N4O/c1-2-20(10-12-6-5-9-17-12)11-15-16(21)19-14-8-4-3-7-13(14)18-15/h3-4,7-8,12,17H,2,5-6,9-11H2,1H3,(H,19,21). The number of aromatic amines is 1. The molecular weight excluding hydrogens is 264 g/mol. The van der Waals surface area contributed by atoms with E-state index in [1.54, 1.807) is 0 Å². The predicted octanol–water partition coefficient (Wildman–Crippen LogP) is 1.50. The van der Waals surface area contributed by atoms with Gasteiger partial charge < -0.3 is 10.3 Å². The number of likely N-dealkylation sites (N-methyl/N-ethyl adjacent to an activating group) is 1. The second-order valence-corrected chi connectivity index (χ2v) is 5.65. The van der Waals surface area contributed by atoms with Crippen LogP contribution in [0.25, 0.3) is 11.0 Å². The van der Waals surface area contributed by atoms with E-state index in [2.05, 4.69) is 27.1 Å². The van der Waals surface area contributed by atoms with Crippen molar-refractivity contribution in [2.75, 3.05) is 19.6 Å². The Morgan fingerprint density at radius 1 is 1.38 bits per heavy atom. The highest BCUT2D eigenvalue weighted by atomic mass is 16.1. The smallest absolute Gasteiger partial charge is 0.271 e. The Morgan fingerprint density at radius 3 is 3.00 bits per heavy atom. The topological polar surface area (TPSA) is 61.0 Å². The molecule has 0 amide bonds. The van der Waals surface area contributed by atoms with Crippen molar-refractivity contribution in [3.63, 3.8) is 0 Å². The second kappa shape index (κ2) is 6.37. The average Bonchev–Trinajstić information content (AvgIpc) is 3.00. The number of nitrogens with zero attached hydrogens (tertiary/aromatic N) is 2. The van der Waals surface area contributed by atoms with E-state index in [1.165, 1.54) is 12.8 Å². The molecule has 1 aliphatic heterocycles. The zero-order valence-electron chi connectivity index (χ0n) is 12.4. The molecule has 5 heteroatoms. The molecular formula is C16H22N4O. The minimum absolute atomic E-state index is 0.0773. The summed E-state index contributed by atoms with van der Waals surface area (Å²) in [6, 6.07) is 8.21. The van der Waals surface area contributed by atoms with Gasteiger partial charge in [0.05, 0.1) is 11.0 Å². The predicted molar refractivity (Wildman–Crippen MR) is 84.3 cm³/mol. The van der Waals surface area contributed by atoms with E-state index in [9.17, 15) is 4.79 Å². The first-order valence-electron chi connectivity index (χ1n) is 7.70. The number of benzene rings is 1. The second-order valence-electron chi connectivity index (χ2n) is 5.65. The third kappa shape index (κ3) is 3.31. The third-order valence-electron chi connectivity index (χ3n) is 4.13. The van der Waals surface area contributed by atoms with Crippen molar-refractivity contribution in [3.8, 4) is 0 Å². The van der Waals surface area contributed by atoms with E-state index in [-0.39, 0.29) is 5.56 Å². The Hall–Kier alpha value is -1.72. The molecule has 1 fully saturated rings. The third-order valence-corrected chi connectivity index (χ3v) is 4.13. The summed E-state index contributed by atoms with van der Waals surface area (Å²) >= 11 is 0. The highest BCUT2D eigenvalue weighted by molar-refractivity contribution is 5.73. The summed E-state index contributed by atoms with van der Waals surface area (Å²) in [7, 11) is 0. The molecule has 2 heterocycles. The summed E-state index contributed by atoms with van der Waals surface area (Å²) < 4.78 is 0. The van der Waals surface area contributed by atoms with Crippen LogP contribution in [0.5, 0.6) is 0 Å². The largest absolute Gasteiger partial charge is 0.319 e. The average molecular weight is 286 g/mol. The molecule has 1 unspecified atom stereocenters. The number of hydrogen-bond acceptors (Lipinski definition) is 4. The molecule has 1 aliphatic rings. The SMILES string of the molecule is CCN(Cc1nc2ccccc2[nH]c1=O)CC1CCCN1. The Labute approximate surface area is 124 Å². The van der Waals surface area contributed by atoms with Gasteiger partial charge in [-0.05, 0) is 38.1 Å². The number of H-pyrrole nitrogens is 1. The lowest BCUT2D eigenvalue weighted by Crippen LogP contribution is -2.38. The molecule has 0 aliphatic carbocycles. The fourth-order valence-electron chi connectivity index (χ4n) is 2.92. The first-order valence-corrected chi connectivity index (χ1v) is 7.70. The number of aromatic nitrogens is 2. The normalized spacial score (nSPS) is 18.7. The van der Waals surface area contributed by atoms with Crippen molar-refractivity contribution < 1.29 is 0 Å². The van der Waals surface area contributed by atoms with Crippen LogP contribution >= 0.6 is 0 Å². The van der Waals surface area contributed by atoms with Crippen LogP contribution in [0.3, 0.4) is 0 Å². The molecule has 0 radical (unpaired) electrons. The molecule has 1 atom stereocenters. The van der Waals surface area contributed by atoms with E-state index in [1.807, 2.05) is 24.3 Å². The summed E-state index contributed by atoms with van der Waals surface area (Å²) in [5.41, 5.74) is 2.17. The molecule has 2 N–H and O–H groups in total. The van der Waals surface area contributed by atoms with Gasteiger partial charge >= 0.3 is 0 Å². The zero-order chi connectivity index (χ0) is 14.7. The maximum absolute atomic E-state index is 12.2. The van der Waals surface area contributed by atoms with E-state index >= 15 is 0 Å². The van der Waals surface area contributed by atoms with Crippen molar-refractivity contribution in [3.05, 3.63) is 40.3 Å². The van der Waals surface area contributed by atoms with E-state index < -0.39 is 0 Å². The molecule has 1 saturated heterocycles. The first-order chi connectivity index (χ1) is 10.3. The fraction of sp³-hybridized carbons (Fsp3) is 0.500.